The summed E-state index contributed by atoms with van der Waals surface area (Å²) in [7, 11) is 0. The molecule has 116 valence electrons. The van der Waals surface area contributed by atoms with Gasteiger partial charge in [-0.05, 0) is 41.0 Å². The fourth-order valence-electron chi connectivity index (χ4n) is 3.92. The van der Waals surface area contributed by atoms with Crippen LogP contribution in [0.3, 0.4) is 0 Å². The van der Waals surface area contributed by atoms with Crippen LogP contribution in [0, 0.1) is 11.3 Å². The van der Waals surface area contributed by atoms with E-state index in [9.17, 15) is 0 Å². The van der Waals surface area contributed by atoms with E-state index < -0.39 is 0 Å². The number of nitriles is 1. The SMILES string of the molecule is N#Cc1ccc2c3c(ccc2c1)OC1c2ccccc2CCN1C3. The zero-order valence-electron chi connectivity index (χ0n) is 13.2. The first kappa shape index (κ1) is 13.6. The van der Waals surface area contributed by atoms with Crippen LogP contribution in [0.4, 0.5) is 0 Å². The lowest BCUT2D eigenvalue weighted by Crippen LogP contribution is -2.40. The summed E-state index contributed by atoms with van der Waals surface area (Å²) in [6.07, 6.45) is 1.08. The molecule has 0 saturated carbocycles. The van der Waals surface area contributed by atoms with Crippen LogP contribution in [0.25, 0.3) is 10.8 Å². The van der Waals surface area contributed by atoms with Gasteiger partial charge in [0.15, 0.2) is 6.23 Å². The number of ether oxygens (including phenoxy) is 1. The number of benzene rings is 3. The van der Waals surface area contributed by atoms with E-state index in [2.05, 4.69) is 41.3 Å². The number of hydrogen-bond acceptors (Lipinski definition) is 3. The molecule has 1 unspecified atom stereocenters. The predicted molar refractivity (Wildman–Crippen MR) is 92.6 cm³/mol. The second-order valence-electron chi connectivity index (χ2n) is 6.48. The molecule has 0 spiro atoms. The molecular formula is C21H16N2O. The van der Waals surface area contributed by atoms with Crippen molar-refractivity contribution >= 4 is 10.8 Å². The second kappa shape index (κ2) is 5.09. The smallest absolute Gasteiger partial charge is 0.179 e. The summed E-state index contributed by atoms with van der Waals surface area (Å²) in [4.78, 5) is 2.41. The molecule has 3 aromatic rings. The van der Waals surface area contributed by atoms with E-state index in [0.29, 0.717) is 5.56 Å². The summed E-state index contributed by atoms with van der Waals surface area (Å²) < 4.78 is 6.39. The first-order chi connectivity index (χ1) is 11.8. The highest BCUT2D eigenvalue weighted by Crippen LogP contribution is 2.41. The third-order valence-corrected chi connectivity index (χ3v) is 5.14. The van der Waals surface area contributed by atoms with E-state index >= 15 is 0 Å². The molecule has 2 heterocycles. The van der Waals surface area contributed by atoms with E-state index in [0.717, 1.165) is 30.6 Å². The van der Waals surface area contributed by atoms with E-state index in [4.69, 9.17) is 10.00 Å². The average molecular weight is 312 g/mol. The summed E-state index contributed by atoms with van der Waals surface area (Å²) in [5.41, 5.74) is 4.60. The van der Waals surface area contributed by atoms with E-state index in [1.807, 2.05) is 24.3 Å². The van der Waals surface area contributed by atoms with Crippen LogP contribution in [0.15, 0.2) is 54.6 Å². The fourth-order valence-corrected chi connectivity index (χ4v) is 3.92. The molecule has 1 atom stereocenters. The van der Waals surface area contributed by atoms with Gasteiger partial charge in [-0.1, -0.05) is 36.4 Å². The number of rotatable bonds is 0. The lowest BCUT2D eigenvalue weighted by molar-refractivity contribution is -0.00953. The largest absolute Gasteiger partial charge is 0.471 e. The van der Waals surface area contributed by atoms with Gasteiger partial charge in [0.2, 0.25) is 0 Å². The minimum Gasteiger partial charge on any atom is -0.471 e. The lowest BCUT2D eigenvalue weighted by atomic mass is 9.94. The number of hydrogen-bond donors (Lipinski definition) is 0. The molecule has 3 heteroatoms. The van der Waals surface area contributed by atoms with Crippen LogP contribution in [-0.4, -0.2) is 11.4 Å². The molecule has 0 saturated heterocycles. The Bertz CT molecular complexity index is 1000. The van der Waals surface area contributed by atoms with Crippen LogP contribution in [-0.2, 0) is 13.0 Å². The Balaban J connectivity index is 1.63. The summed E-state index contributed by atoms with van der Waals surface area (Å²) in [6.45, 7) is 1.89. The minimum atomic E-state index is 0.0123. The molecule has 0 radical (unpaired) electrons. The molecule has 2 aliphatic heterocycles. The molecule has 3 nitrogen and oxygen atoms in total. The first-order valence-corrected chi connectivity index (χ1v) is 8.28. The zero-order chi connectivity index (χ0) is 16.1. The van der Waals surface area contributed by atoms with Crippen molar-refractivity contribution in [2.75, 3.05) is 6.54 Å². The highest BCUT2D eigenvalue weighted by Gasteiger charge is 2.33. The number of nitrogens with zero attached hydrogens (tertiary/aromatic N) is 2. The van der Waals surface area contributed by atoms with Gasteiger partial charge in [-0.2, -0.15) is 5.26 Å². The monoisotopic (exact) mass is 312 g/mol. The van der Waals surface area contributed by atoms with Gasteiger partial charge >= 0.3 is 0 Å². The van der Waals surface area contributed by atoms with Gasteiger partial charge in [-0.25, -0.2) is 0 Å². The lowest BCUT2D eigenvalue weighted by Gasteiger charge is -2.41. The summed E-state index contributed by atoms with van der Waals surface area (Å²) in [6, 6.07) is 20.8. The van der Waals surface area contributed by atoms with Crippen LogP contribution in [0.5, 0.6) is 5.75 Å². The molecule has 0 aromatic heterocycles. The van der Waals surface area contributed by atoms with Gasteiger partial charge in [0.1, 0.15) is 5.75 Å². The van der Waals surface area contributed by atoms with Gasteiger partial charge in [0.05, 0.1) is 11.6 Å². The van der Waals surface area contributed by atoms with E-state index in [-0.39, 0.29) is 6.23 Å². The molecule has 2 aliphatic rings. The van der Waals surface area contributed by atoms with Gasteiger partial charge in [-0.3, -0.25) is 4.90 Å². The Hall–Kier alpha value is -2.83. The van der Waals surface area contributed by atoms with Crippen molar-refractivity contribution in [3.63, 3.8) is 0 Å². The maximum Gasteiger partial charge on any atom is 0.179 e. The molecule has 0 N–H and O–H groups in total. The van der Waals surface area contributed by atoms with Gasteiger partial charge in [-0.15, -0.1) is 0 Å². The van der Waals surface area contributed by atoms with Crippen LogP contribution < -0.4 is 4.74 Å². The fraction of sp³-hybridized carbons (Fsp3) is 0.190. The molecule has 0 bridgehead atoms. The Morgan fingerprint density at radius 1 is 1.08 bits per heavy atom. The van der Waals surface area contributed by atoms with Crippen LogP contribution >= 0.6 is 0 Å². The zero-order valence-corrected chi connectivity index (χ0v) is 13.2. The third kappa shape index (κ3) is 1.94. The maximum absolute atomic E-state index is 9.10. The van der Waals surface area contributed by atoms with Gasteiger partial charge in [0.25, 0.3) is 0 Å². The second-order valence-corrected chi connectivity index (χ2v) is 6.48. The standard InChI is InChI=1S/C21H16N2O/c22-12-14-5-7-17-16(11-14)6-8-20-19(17)13-23-10-9-15-3-1-2-4-18(15)21(23)24-20/h1-8,11,21H,9-10,13H2. The molecule has 24 heavy (non-hydrogen) atoms. The predicted octanol–water partition coefficient (Wildman–Crippen LogP) is 4.16. The minimum absolute atomic E-state index is 0.0123. The highest BCUT2D eigenvalue weighted by atomic mass is 16.5. The Kier molecular flexibility index (Phi) is 2.88. The molecule has 0 aliphatic carbocycles. The molecular weight excluding hydrogens is 296 g/mol. The van der Waals surface area contributed by atoms with Crippen molar-refractivity contribution in [1.82, 2.24) is 4.90 Å². The van der Waals surface area contributed by atoms with Crippen molar-refractivity contribution < 1.29 is 4.74 Å². The number of fused-ring (bicyclic) bond motifs is 6. The van der Waals surface area contributed by atoms with E-state index in [1.54, 1.807) is 0 Å². The molecule has 3 aromatic carbocycles. The van der Waals surface area contributed by atoms with Crippen molar-refractivity contribution in [2.45, 2.75) is 19.2 Å². The summed E-state index contributed by atoms with van der Waals surface area (Å²) in [5.74, 6) is 0.963. The van der Waals surface area contributed by atoms with Crippen molar-refractivity contribution in [3.05, 3.63) is 76.9 Å². The van der Waals surface area contributed by atoms with Crippen molar-refractivity contribution in [3.8, 4) is 11.8 Å². The normalized spacial score (nSPS) is 18.9. The van der Waals surface area contributed by atoms with E-state index in [1.165, 1.54) is 22.1 Å². The van der Waals surface area contributed by atoms with Crippen LogP contribution in [0.2, 0.25) is 0 Å². The summed E-state index contributed by atoms with van der Waals surface area (Å²) >= 11 is 0. The molecule has 0 fully saturated rings. The topological polar surface area (TPSA) is 36.3 Å². The first-order valence-electron chi connectivity index (χ1n) is 8.28. The highest BCUT2D eigenvalue weighted by molar-refractivity contribution is 5.89. The third-order valence-electron chi connectivity index (χ3n) is 5.14. The van der Waals surface area contributed by atoms with Crippen LogP contribution in [0.1, 0.15) is 28.5 Å². The Morgan fingerprint density at radius 2 is 2.00 bits per heavy atom. The molecule has 5 rings (SSSR count). The van der Waals surface area contributed by atoms with Gasteiger partial charge < -0.3 is 4.74 Å². The van der Waals surface area contributed by atoms with Gasteiger partial charge in [0, 0.05) is 24.2 Å². The summed E-state index contributed by atoms with van der Waals surface area (Å²) in [5, 5.41) is 11.4. The van der Waals surface area contributed by atoms with Crippen molar-refractivity contribution in [2.24, 2.45) is 0 Å². The molecule has 0 amide bonds. The average Bonchev–Trinajstić information content (AvgIpc) is 2.65. The maximum atomic E-state index is 9.10. The Labute approximate surface area is 140 Å². The van der Waals surface area contributed by atoms with Crippen molar-refractivity contribution in [1.29, 1.82) is 5.26 Å². The quantitative estimate of drug-likeness (QED) is 0.625. The Morgan fingerprint density at radius 3 is 2.92 bits per heavy atom.